The second kappa shape index (κ2) is 11.5. The highest BCUT2D eigenvalue weighted by molar-refractivity contribution is 7.22. The van der Waals surface area contributed by atoms with Crippen LogP contribution in [0.3, 0.4) is 0 Å². The third kappa shape index (κ3) is 5.77. The number of rotatable bonds is 11. The first-order chi connectivity index (χ1) is 18.1. The number of thiophene rings is 1. The van der Waals surface area contributed by atoms with Gasteiger partial charge in [0.25, 0.3) is 0 Å². The first-order valence-corrected chi connectivity index (χ1v) is 12.3. The predicted octanol–water partition coefficient (Wildman–Crippen LogP) is 4.57. The molecule has 1 aromatic carbocycles. The van der Waals surface area contributed by atoms with Gasteiger partial charge in [0, 0.05) is 36.8 Å². The van der Waals surface area contributed by atoms with Crippen molar-refractivity contribution in [3.05, 3.63) is 72.4 Å². The number of benzene rings is 1. The van der Waals surface area contributed by atoms with Crippen LogP contribution in [0.4, 0.5) is 14.7 Å². The van der Waals surface area contributed by atoms with E-state index in [0.29, 0.717) is 42.5 Å². The molecule has 0 saturated heterocycles. The molecule has 5 rings (SSSR count). The summed E-state index contributed by atoms with van der Waals surface area (Å²) in [4.78, 5) is 12.9. The van der Waals surface area contributed by atoms with Crippen molar-refractivity contribution >= 4 is 27.4 Å². The summed E-state index contributed by atoms with van der Waals surface area (Å²) in [5, 5.41) is 11.7. The Kier molecular flexibility index (Phi) is 7.68. The molecule has 0 aliphatic heterocycles. The van der Waals surface area contributed by atoms with Crippen LogP contribution in [0, 0.1) is 11.8 Å². The maximum Gasteiger partial charge on any atom is 0.223 e. The lowest BCUT2D eigenvalue weighted by Gasteiger charge is -2.11. The number of ether oxygens (including phenoxy) is 2. The van der Waals surface area contributed by atoms with E-state index in [4.69, 9.17) is 9.47 Å². The Balaban J connectivity index is 1.45. The fourth-order valence-corrected chi connectivity index (χ4v) is 5.06. The Hall–Kier alpha value is -3.87. The van der Waals surface area contributed by atoms with Crippen LogP contribution < -0.4 is 5.32 Å². The Labute approximate surface area is 215 Å². The van der Waals surface area contributed by atoms with E-state index in [1.807, 2.05) is 24.3 Å². The molecule has 0 bridgehead atoms. The molecule has 4 aromatic heterocycles. The minimum absolute atomic E-state index is 0.176. The molecule has 12 heteroatoms. The molecule has 0 radical (unpaired) electrons. The highest BCUT2D eigenvalue weighted by atomic mass is 32.1. The van der Waals surface area contributed by atoms with Gasteiger partial charge in [-0.05, 0) is 34.6 Å². The highest BCUT2D eigenvalue weighted by Gasteiger charge is 2.17. The van der Waals surface area contributed by atoms with E-state index in [2.05, 4.69) is 30.6 Å². The van der Waals surface area contributed by atoms with Crippen LogP contribution in [-0.2, 0) is 22.4 Å². The van der Waals surface area contributed by atoms with Gasteiger partial charge in [0.2, 0.25) is 11.9 Å². The Morgan fingerprint density at radius 2 is 2.03 bits per heavy atom. The lowest BCUT2D eigenvalue weighted by Crippen LogP contribution is -2.13. The van der Waals surface area contributed by atoms with Crippen LogP contribution in [0.2, 0.25) is 0 Å². The molecule has 0 amide bonds. The number of fused-ring (bicyclic) bond motifs is 1. The third-order valence-corrected chi connectivity index (χ3v) is 6.77. The van der Waals surface area contributed by atoms with Crippen molar-refractivity contribution in [1.29, 1.82) is 0 Å². The fourth-order valence-electron chi connectivity index (χ4n) is 3.88. The number of nitrogens with one attached hydrogen (secondary N) is 1. The number of hydrogen-bond donors (Lipinski definition) is 1. The monoisotopic (exact) mass is 523 g/mol. The van der Waals surface area contributed by atoms with Gasteiger partial charge in [-0.3, -0.25) is 4.68 Å². The van der Waals surface area contributed by atoms with E-state index in [-0.39, 0.29) is 12.5 Å². The number of hydrogen-bond acceptors (Lipinski definition) is 9. The summed E-state index contributed by atoms with van der Waals surface area (Å²) >= 11 is 1.39. The molecular weight excluding hydrogens is 500 g/mol. The summed E-state index contributed by atoms with van der Waals surface area (Å²) in [7, 11) is 1.55. The van der Waals surface area contributed by atoms with Crippen LogP contribution in [0.1, 0.15) is 5.56 Å². The van der Waals surface area contributed by atoms with Crippen LogP contribution in [0.15, 0.2) is 55.1 Å². The normalized spacial score (nSPS) is 11.3. The molecule has 1 N–H and O–H groups in total. The number of anilines is 1. The topological polar surface area (TPSA) is 99.9 Å². The van der Waals surface area contributed by atoms with Crippen molar-refractivity contribution in [1.82, 2.24) is 29.9 Å². The number of aromatic nitrogens is 6. The van der Waals surface area contributed by atoms with Gasteiger partial charge in [-0.2, -0.15) is 4.39 Å². The number of halogens is 2. The molecule has 0 aliphatic carbocycles. The van der Waals surface area contributed by atoms with Crippen LogP contribution >= 0.6 is 11.3 Å². The Morgan fingerprint density at radius 1 is 1.11 bits per heavy atom. The molecule has 4 heterocycles. The minimum atomic E-state index is -0.575. The zero-order chi connectivity index (χ0) is 25.6. The van der Waals surface area contributed by atoms with Crippen molar-refractivity contribution in [3.8, 4) is 21.7 Å². The summed E-state index contributed by atoms with van der Waals surface area (Å²) in [5.41, 5.74) is 2.58. The molecule has 5 aromatic rings. The smallest absolute Gasteiger partial charge is 0.223 e. The van der Waals surface area contributed by atoms with Gasteiger partial charge < -0.3 is 14.8 Å². The molecule has 0 fully saturated rings. The lowest BCUT2D eigenvalue weighted by molar-refractivity contribution is -0.0291. The average Bonchev–Trinajstić information content (AvgIpc) is 3.58. The molecule has 190 valence electrons. The summed E-state index contributed by atoms with van der Waals surface area (Å²) in [5.74, 6) is -0.793. The van der Waals surface area contributed by atoms with E-state index in [9.17, 15) is 8.78 Å². The first-order valence-electron chi connectivity index (χ1n) is 11.5. The predicted molar refractivity (Wildman–Crippen MR) is 136 cm³/mol. The maximum atomic E-state index is 14.8. The van der Waals surface area contributed by atoms with Gasteiger partial charge >= 0.3 is 0 Å². The van der Waals surface area contributed by atoms with Crippen molar-refractivity contribution in [2.45, 2.75) is 13.0 Å². The largest absolute Gasteiger partial charge is 0.359 e. The molecule has 37 heavy (non-hydrogen) atoms. The van der Waals surface area contributed by atoms with Gasteiger partial charge in [-0.15, -0.1) is 16.4 Å². The van der Waals surface area contributed by atoms with Crippen LogP contribution in [-0.4, -0.2) is 57.0 Å². The fraction of sp³-hybridized carbons (Fsp3) is 0.240. The van der Waals surface area contributed by atoms with E-state index in [1.54, 1.807) is 24.2 Å². The van der Waals surface area contributed by atoms with Gasteiger partial charge in [0.15, 0.2) is 5.82 Å². The Bertz CT molecular complexity index is 1490. The van der Waals surface area contributed by atoms with E-state index >= 15 is 0 Å². The quantitative estimate of drug-likeness (QED) is 0.153. The number of pyridine rings is 1. The average molecular weight is 524 g/mol. The molecule has 9 nitrogen and oxygen atoms in total. The van der Waals surface area contributed by atoms with Gasteiger partial charge in [-0.1, -0.05) is 23.4 Å². The minimum Gasteiger partial charge on any atom is -0.359 e. The first kappa shape index (κ1) is 24.8. The van der Waals surface area contributed by atoms with Crippen molar-refractivity contribution in [3.63, 3.8) is 0 Å². The van der Waals surface area contributed by atoms with Crippen molar-refractivity contribution in [2.24, 2.45) is 0 Å². The number of nitrogens with zero attached hydrogens (tertiary/aromatic N) is 6. The Morgan fingerprint density at radius 3 is 2.86 bits per heavy atom. The van der Waals surface area contributed by atoms with Crippen molar-refractivity contribution in [2.75, 3.05) is 32.4 Å². The van der Waals surface area contributed by atoms with Gasteiger partial charge in [0.05, 0.1) is 30.4 Å². The van der Waals surface area contributed by atoms with Crippen LogP contribution in [0.5, 0.6) is 0 Å². The second-order valence-corrected chi connectivity index (χ2v) is 9.10. The zero-order valence-corrected chi connectivity index (χ0v) is 20.7. The molecular formula is C25H23F2N7O2S. The molecule has 0 saturated carbocycles. The van der Waals surface area contributed by atoms with E-state index in [1.165, 1.54) is 23.6 Å². The molecule has 0 unspecified atom stereocenters. The van der Waals surface area contributed by atoms with Gasteiger partial charge in [0.1, 0.15) is 12.5 Å². The zero-order valence-electron chi connectivity index (χ0n) is 19.9. The standard InChI is InChI=1S/C25H23F2N7O2S/c1-35-15-36-10-5-17-13-29-22(27)12-19(17)18-4-2-3-16-11-21(37-24(16)18)23-20(26)14-30-25(32-23)28-6-8-34-9-7-31-33-34/h2-4,7,9,11-14H,5-6,8,10,15H2,1H3,(H,28,30,32). The second-order valence-electron chi connectivity index (χ2n) is 8.05. The van der Waals surface area contributed by atoms with Gasteiger partial charge in [-0.25, -0.2) is 19.3 Å². The lowest BCUT2D eigenvalue weighted by atomic mass is 9.99. The van der Waals surface area contributed by atoms with E-state index < -0.39 is 11.8 Å². The molecule has 0 atom stereocenters. The summed E-state index contributed by atoms with van der Waals surface area (Å²) < 4.78 is 41.9. The summed E-state index contributed by atoms with van der Waals surface area (Å²) in [6, 6.07) is 9.05. The SMILES string of the molecule is COCOCCc1cnc(F)cc1-c1cccc2cc(-c3nc(NCCn4ccnn4)ncc3F)sc12. The summed E-state index contributed by atoms with van der Waals surface area (Å²) in [6.07, 6.45) is 6.56. The molecule has 0 aliphatic rings. The number of methoxy groups -OCH3 is 1. The summed E-state index contributed by atoms with van der Waals surface area (Å²) in [6.45, 7) is 1.63. The third-order valence-electron chi connectivity index (χ3n) is 5.58. The maximum absolute atomic E-state index is 14.8. The highest BCUT2D eigenvalue weighted by Crippen LogP contribution is 2.40. The molecule has 0 spiro atoms. The van der Waals surface area contributed by atoms with Crippen LogP contribution in [0.25, 0.3) is 31.8 Å². The van der Waals surface area contributed by atoms with E-state index in [0.717, 1.165) is 27.4 Å². The van der Waals surface area contributed by atoms with Crippen molar-refractivity contribution < 1.29 is 18.3 Å².